The van der Waals surface area contributed by atoms with E-state index in [4.69, 9.17) is 5.73 Å². The maximum Gasteiger partial charge on any atom is 0.174 e. The van der Waals surface area contributed by atoms with Gasteiger partial charge in [-0.2, -0.15) is 5.10 Å². The molecule has 0 spiro atoms. The molecule has 2 N–H and O–H groups in total. The number of thioether (sulfide) groups is 1. The second-order valence-corrected chi connectivity index (χ2v) is 5.46. The molecule has 0 bridgehead atoms. The first-order chi connectivity index (χ1) is 7.24. The number of nitrogen functional groups attached to an aromatic ring is 1. The number of aromatic nitrogens is 4. The lowest BCUT2D eigenvalue weighted by Crippen LogP contribution is -2.01. The molecule has 0 radical (unpaired) electrons. The van der Waals surface area contributed by atoms with Gasteiger partial charge in [0.25, 0.3) is 0 Å². The van der Waals surface area contributed by atoms with Crippen LogP contribution in [0.4, 0.5) is 5.82 Å². The van der Waals surface area contributed by atoms with E-state index in [2.05, 4.69) is 15.3 Å². The van der Waals surface area contributed by atoms with Crippen LogP contribution >= 0.6 is 23.1 Å². The van der Waals surface area contributed by atoms with Gasteiger partial charge in [-0.3, -0.25) is 4.68 Å². The second-order valence-electron chi connectivity index (χ2n) is 2.94. The lowest BCUT2D eigenvalue weighted by Gasteiger charge is -1.98. The van der Waals surface area contributed by atoms with Crippen molar-refractivity contribution < 1.29 is 0 Å². The van der Waals surface area contributed by atoms with E-state index in [1.807, 2.05) is 17.8 Å². The van der Waals surface area contributed by atoms with Crippen molar-refractivity contribution in [3.63, 3.8) is 0 Å². The van der Waals surface area contributed by atoms with Crippen molar-refractivity contribution in [3.05, 3.63) is 17.3 Å². The summed E-state index contributed by atoms with van der Waals surface area (Å²) >= 11 is 3.30. The number of hydrogen-bond donors (Lipinski definition) is 1. The predicted octanol–water partition coefficient (Wildman–Crippen LogP) is 1.42. The highest BCUT2D eigenvalue weighted by Crippen LogP contribution is 2.21. The second kappa shape index (κ2) is 4.63. The Balaban J connectivity index is 1.80. The van der Waals surface area contributed by atoms with Crippen LogP contribution in [-0.2, 0) is 6.54 Å². The van der Waals surface area contributed by atoms with E-state index >= 15 is 0 Å². The normalized spacial score (nSPS) is 10.7. The Hall–Kier alpha value is -1.08. The zero-order valence-electron chi connectivity index (χ0n) is 8.25. The highest BCUT2D eigenvalue weighted by Gasteiger charge is 2.01. The van der Waals surface area contributed by atoms with Gasteiger partial charge in [0.05, 0.1) is 6.54 Å². The Morgan fingerprint density at radius 1 is 1.53 bits per heavy atom. The molecule has 0 aliphatic carbocycles. The fraction of sp³-hybridized carbons (Fsp3) is 0.375. The third kappa shape index (κ3) is 2.93. The highest BCUT2D eigenvalue weighted by atomic mass is 32.2. The molecule has 0 saturated carbocycles. The first-order valence-corrected chi connectivity index (χ1v) is 6.26. The molecule has 2 aromatic heterocycles. The van der Waals surface area contributed by atoms with Crippen molar-refractivity contribution >= 4 is 28.9 Å². The quantitative estimate of drug-likeness (QED) is 0.820. The Morgan fingerprint density at radius 3 is 3.00 bits per heavy atom. The highest BCUT2D eigenvalue weighted by molar-refractivity contribution is 8.01. The molecule has 2 aromatic rings. The maximum atomic E-state index is 5.51. The van der Waals surface area contributed by atoms with Crippen molar-refractivity contribution in [3.8, 4) is 0 Å². The Bertz CT molecular complexity index is 395. The van der Waals surface area contributed by atoms with Crippen LogP contribution < -0.4 is 5.73 Å². The number of rotatable bonds is 4. The summed E-state index contributed by atoms with van der Waals surface area (Å²) in [5.41, 5.74) is 5.51. The van der Waals surface area contributed by atoms with Gasteiger partial charge in [-0.15, -0.1) is 10.2 Å². The van der Waals surface area contributed by atoms with Crippen LogP contribution in [0.2, 0.25) is 0 Å². The molecule has 15 heavy (non-hydrogen) atoms. The summed E-state index contributed by atoms with van der Waals surface area (Å²) in [6.45, 7) is 2.79. The largest absolute Gasteiger partial charge is 0.382 e. The molecule has 80 valence electrons. The van der Waals surface area contributed by atoms with Crippen molar-refractivity contribution in [2.75, 3.05) is 11.5 Å². The summed E-state index contributed by atoms with van der Waals surface area (Å²) in [6, 6.07) is 1.79. The van der Waals surface area contributed by atoms with Gasteiger partial charge >= 0.3 is 0 Å². The van der Waals surface area contributed by atoms with E-state index in [0.29, 0.717) is 5.82 Å². The Morgan fingerprint density at radius 2 is 2.40 bits per heavy atom. The van der Waals surface area contributed by atoms with Crippen LogP contribution in [0, 0.1) is 6.92 Å². The summed E-state index contributed by atoms with van der Waals surface area (Å²) in [5.74, 6) is 1.49. The summed E-state index contributed by atoms with van der Waals surface area (Å²) in [7, 11) is 0. The lowest BCUT2D eigenvalue weighted by molar-refractivity contribution is 0.669. The molecule has 7 heteroatoms. The third-order valence-corrected chi connectivity index (χ3v) is 3.67. The average Bonchev–Trinajstić information content (AvgIpc) is 2.76. The SMILES string of the molecule is Cc1nnc(SCCn2ccc(N)n2)s1. The molecule has 5 nitrogen and oxygen atoms in total. The van der Waals surface area contributed by atoms with Gasteiger partial charge in [-0.25, -0.2) is 0 Å². The minimum absolute atomic E-state index is 0.562. The van der Waals surface area contributed by atoms with Gasteiger partial charge in [-0.1, -0.05) is 23.1 Å². The smallest absolute Gasteiger partial charge is 0.174 e. The van der Waals surface area contributed by atoms with Crippen molar-refractivity contribution in [1.82, 2.24) is 20.0 Å². The van der Waals surface area contributed by atoms with E-state index in [0.717, 1.165) is 21.6 Å². The van der Waals surface area contributed by atoms with Gasteiger partial charge < -0.3 is 5.73 Å². The Kier molecular flexibility index (Phi) is 3.22. The van der Waals surface area contributed by atoms with Crippen LogP contribution in [-0.4, -0.2) is 25.7 Å². The number of aryl methyl sites for hydroxylation is 2. The van der Waals surface area contributed by atoms with Crippen LogP contribution in [0.1, 0.15) is 5.01 Å². The molecule has 2 rings (SSSR count). The van der Waals surface area contributed by atoms with Gasteiger partial charge in [0.1, 0.15) is 10.8 Å². The first kappa shape index (κ1) is 10.4. The maximum absolute atomic E-state index is 5.51. The molecule has 2 heterocycles. The summed E-state index contributed by atoms with van der Waals surface area (Å²) in [4.78, 5) is 0. The summed E-state index contributed by atoms with van der Waals surface area (Å²) in [6.07, 6.45) is 1.88. The van der Waals surface area contributed by atoms with Gasteiger partial charge in [0.15, 0.2) is 4.34 Å². The minimum atomic E-state index is 0.562. The lowest BCUT2D eigenvalue weighted by atomic mass is 10.7. The monoisotopic (exact) mass is 241 g/mol. The summed E-state index contributed by atoms with van der Waals surface area (Å²) < 4.78 is 2.84. The first-order valence-electron chi connectivity index (χ1n) is 4.46. The number of anilines is 1. The van der Waals surface area contributed by atoms with Crippen LogP contribution in [0.5, 0.6) is 0 Å². The molecular weight excluding hydrogens is 230 g/mol. The van der Waals surface area contributed by atoms with E-state index in [1.165, 1.54) is 0 Å². The fourth-order valence-corrected chi connectivity index (χ4v) is 2.88. The standard InChI is InChI=1S/C8H11N5S2/c1-6-10-11-8(15-6)14-5-4-13-3-2-7(9)12-13/h2-3H,4-5H2,1H3,(H2,9,12). The van der Waals surface area contributed by atoms with Crippen LogP contribution in [0.15, 0.2) is 16.6 Å². The Labute approximate surface area is 95.7 Å². The molecule has 0 unspecified atom stereocenters. The number of nitrogens with two attached hydrogens (primary N) is 1. The molecule has 0 atom stereocenters. The fourth-order valence-electron chi connectivity index (χ4n) is 1.07. The molecule has 0 fully saturated rings. The minimum Gasteiger partial charge on any atom is -0.382 e. The van der Waals surface area contributed by atoms with Gasteiger partial charge in [0, 0.05) is 11.9 Å². The molecule has 0 aromatic carbocycles. The predicted molar refractivity (Wildman–Crippen MR) is 62.0 cm³/mol. The van der Waals surface area contributed by atoms with E-state index < -0.39 is 0 Å². The van der Waals surface area contributed by atoms with Crippen LogP contribution in [0.25, 0.3) is 0 Å². The van der Waals surface area contributed by atoms with Crippen LogP contribution in [0.3, 0.4) is 0 Å². The van der Waals surface area contributed by atoms with Crippen molar-refractivity contribution in [2.45, 2.75) is 17.8 Å². The number of hydrogen-bond acceptors (Lipinski definition) is 6. The van der Waals surface area contributed by atoms with E-state index in [-0.39, 0.29) is 0 Å². The van der Waals surface area contributed by atoms with Gasteiger partial charge in [0.2, 0.25) is 0 Å². The van der Waals surface area contributed by atoms with Crippen molar-refractivity contribution in [1.29, 1.82) is 0 Å². The molecular formula is C8H11N5S2. The van der Waals surface area contributed by atoms with Crippen molar-refractivity contribution in [2.24, 2.45) is 0 Å². The van der Waals surface area contributed by atoms with E-state index in [9.17, 15) is 0 Å². The third-order valence-electron chi connectivity index (χ3n) is 1.71. The zero-order valence-corrected chi connectivity index (χ0v) is 9.88. The topological polar surface area (TPSA) is 69.6 Å². The van der Waals surface area contributed by atoms with Gasteiger partial charge in [-0.05, 0) is 13.0 Å². The van der Waals surface area contributed by atoms with E-state index in [1.54, 1.807) is 29.2 Å². The number of nitrogens with zero attached hydrogens (tertiary/aromatic N) is 4. The zero-order chi connectivity index (χ0) is 10.7. The molecule has 0 saturated heterocycles. The molecule has 0 amide bonds. The average molecular weight is 241 g/mol. The molecule has 0 aliphatic heterocycles. The summed E-state index contributed by atoms with van der Waals surface area (Å²) in [5, 5.41) is 13.1. The molecule has 0 aliphatic rings.